The van der Waals surface area contributed by atoms with E-state index in [1.54, 1.807) is 12.1 Å². The minimum atomic E-state index is -5.35. The zero-order valence-corrected chi connectivity index (χ0v) is 31.5. The van der Waals surface area contributed by atoms with Gasteiger partial charge < -0.3 is 20.4 Å². The number of aromatic nitrogens is 4. The molecule has 3 heterocycles. The van der Waals surface area contributed by atoms with Crippen molar-refractivity contribution in [1.82, 2.24) is 40.6 Å². The summed E-state index contributed by atoms with van der Waals surface area (Å²) in [5.41, 5.74) is -0.905. The Hall–Kier alpha value is -4.45. The highest BCUT2D eigenvalue weighted by molar-refractivity contribution is 6.40. The Balaban J connectivity index is 1.48. The Kier molecular flexibility index (Phi) is 11.1. The normalized spacial score (nSPS) is 19.5. The third-order valence-corrected chi connectivity index (χ3v) is 9.92. The number of alkyl halides is 5. The maximum Gasteiger partial charge on any atom is 0.471 e. The molecule has 3 amide bonds. The maximum absolute atomic E-state index is 15.2. The second kappa shape index (κ2) is 15.2. The molecule has 2 aliphatic rings. The SMILES string of the molecule is CC(C)(C)CC1(c2ccc(-c3cnn(C(F)F)c3)cc2)NC(NC(=O)C(F)(F)F)N([C@H](COC(=O)NC2CC2)c2ccc(Cl)c(-c3nc(Cl)c(Cl)[nH]3)c2)C1=O. The lowest BCUT2D eigenvalue weighted by atomic mass is 9.75. The second-order valence-corrected chi connectivity index (χ2v) is 15.5. The Morgan fingerprint density at radius 1 is 1.04 bits per heavy atom. The highest BCUT2D eigenvalue weighted by Gasteiger charge is 2.57. The number of carbonyl (C=O) groups excluding carboxylic acids is 3. The van der Waals surface area contributed by atoms with E-state index in [-0.39, 0.29) is 50.3 Å². The molecule has 294 valence electrons. The van der Waals surface area contributed by atoms with Crippen LogP contribution in [0, 0.1) is 5.41 Å². The number of carbonyl (C=O) groups is 3. The largest absolute Gasteiger partial charge is 0.471 e. The summed E-state index contributed by atoms with van der Waals surface area (Å²) in [6.45, 7) is 2.00. The number of ether oxygens (including phenoxy) is 1. The van der Waals surface area contributed by atoms with E-state index >= 15 is 4.79 Å². The molecule has 2 unspecified atom stereocenters. The van der Waals surface area contributed by atoms with Gasteiger partial charge in [-0.05, 0) is 53.5 Å². The lowest BCUT2D eigenvalue weighted by Crippen LogP contribution is -2.56. The molecule has 4 aromatic rings. The van der Waals surface area contributed by atoms with Gasteiger partial charge in [-0.3, -0.25) is 19.8 Å². The number of imidazole rings is 1. The van der Waals surface area contributed by atoms with Crippen LogP contribution in [0.2, 0.25) is 15.3 Å². The van der Waals surface area contributed by atoms with Crippen molar-refractivity contribution < 1.29 is 41.1 Å². The van der Waals surface area contributed by atoms with Crippen molar-refractivity contribution in [1.29, 1.82) is 0 Å². The van der Waals surface area contributed by atoms with Gasteiger partial charge in [0, 0.05) is 23.4 Å². The summed E-state index contributed by atoms with van der Waals surface area (Å²) < 4.78 is 74.2. The number of hydrogen-bond acceptors (Lipinski definition) is 7. The van der Waals surface area contributed by atoms with Crippen LogP contribution in [-0.2, 0) is 19.9 Å². The number of nitrogens with one attached hydrogen (secondary N) is 4. The van der Waals surface area contributed by atoms with E-state index in [0.717, 1.165) is 23.9 Å². The van der Waals surface area contributed by atoms with Gasteiger partial charge in [-0.1, -0.05) is 85.9 Å². The predicted molar refractivity (Wildman–Crippen MR) is 192 cm³/mol. The third kappa shape index (κ3) is 8.84. The predicted octanol–water partition coefficient (Wildman–Crippen LogP) is 7.95. The summed E-state index contributed by atoms with van der Waals surface area (Å²) in [7, 11) is 0. The van der Waals surface area contributed by atoms with Gasteiger partial charge in [0.2, 0.25) is 0 Å². The third-order valence-electron chi connectivity index (χ3n) is 8.95. The second-order valence-electron chi connectivity index (χ2n) is 14.4. The molecule has 0 radical (unpaired) electrons. The summed E-state index contributed by atoms with van der Waals surface area (Å²) in [6, 6.07) is 9.15. The molecule has 0 bridgehead atoms. The molecule has 2 aromatic heterocycles. The molecule has 1 aliphatic heterocycles. The number of hydrogen-bond donors (Lipinski definition) is 4. The van der Waals surface area contributed by atoms with E-state index in [9.17, 15) is 31.5 Å². The number of halogens is 8. The molecule has 1 saturated heterocycles. The number of nitrogens with zero attached hydrogens (tertiary/aromatic N) is 4. The van der Waals surface area contributed by atoms with E-state index in [0.29, 0.717) is 15.8 Å². The van der Waals surface area contributed by atoms with Crippen molar-refractivity contribution in [2.75, 3.05) is 6.61 Å². The molecular weight excluding hydrogens is 798 g/mol. The molecule has 4 N–H and O–H groups in total. The minimum Gasteiger partial charge on any atom is -0.447 e. The van der Waals surface area contributed by atoms with Gasteiger partial charge in [0.15, 0.2) is 11.4 Å². The molecular formula is C35H34Cl3F5N8O4. The van der Waals surface area contributed by atoms with E-state index in [1.165, 1.54) is 36.5 Å². The molecule has 2 aromatic carbocycles. The van der Waals surface area contributed by atoms with Gasteiger partial charge in [0.1, 0.15) is 23.1 Å². The fourth-order valence-corrected chi connectivity index (χ4v) is 6.90. The Morgan fingerprint density at radius 2 is 1.73 bits per heavy atom. The molecule has 55 heavy (non-hydrogen) atoms. The standard InChI is InChI=1S/C35H34Cl3F5N8O4/c1-33(2,3)16-34(20-7-4-17(5-8-20)19-13-44-50(14-19)30(39)40)29(53)51(31(49-34)48-28(52)35(41,42)43)24(15-55-32(54)45-21-9-10-21)18-6-11-23(36)22(12-18)27-46-25(37)26(38)47-27/h4-8,11-14,21,24,30-31,49H,9-10,15-16H2,1-3H3,(H,45,54)(H,46,47)(H,48,52)/t24-,31?,34?/m1/s1. The first kappa shape index (κ1) is 40.2. The molecule has 1 aliphatic carbocycles. The maximum atomic E-state index is 15.2. The monoisotopic (exact) mass is 830 g/mol. The van der Waals surface area contributed by atoms with Gasteiger partial charge in [-0.25, -0.2) is 14.5 Å². The first-order chi connectivity index (χ1) is 25.8. The molecule has 3 atom stereocenters. The average molecular weight is 832 g/mol. The van der Waals surface area contributed by atoms with Crippen molar-refractivity contribution in [3.63, 3.8) is 0 Å². The number of alkyl carbamates (subject to hydrolysis) is 1. The summed E-state index contributed by atoms with van der Waals surface area (Å²) >= 11 is 18.7. The summed E-state index contributed by atoms with van der Waals surface area (Å²) in [5.74, 6) is -2.99. The Morgan fingerprint density at radius 3 is 2.29 bits per heavy atom. The van der Waals surface area contributed by atoms with E-state index < -0.39 is 60.5 Å². The number of H-pyrrole nitrogens is 1. The smallest absolute Gasteiger partial charge is 0.447 e. The van der Waals surface area contributed by atoms with Crippen LogP contribution in [0.4, 0.5) is 26.7 Å². The van der Waals surface area contributed by atoms with Gasteiger partial charge in [0.05, 0.1) is 17.3 Å². The van der Waals surface area contributed by atoms with Gasteiger partial charge in [-0.2, -0.15) is 27.1 Å². The van der Waals surface area contributed by atoms with Crippen LogP contribution in [-0.4, -0.2) is 67.7 Å². The molecule has 6 rings (SSSR count). The highest BCUT2D eigenvalue weighted by atomic mass is 35.5. The van der Waals surface area contributed by atoms with Crippen molar-refractivity contribution in [2.24, 2.45) is 5.41 Å². The lowest BCUT2D eigenvalue weighted by Gasteiger charge is -2.35. The minimum absolute atomic E-state index is 0.00412. The van der Waals surface area contributed by atoms with Crippen LogP contribution >= 0.6 is 34.8 Å². The van der Waals surface area contributed by atoms with E-state index in [2.05, 4.69) is 25.7 Å². The van der Waals surface area contributed by atoms with Crippen LogP contribution < -0.4 is 16.0 Å². The van der Waals surface area contributed by atoms with E-state index in [4.69, 9.17) is 39.5 Å². The van der Waals surface area contributed by atoms with Gasteiger partial charge in [0.25, 0.3) is 5.91 Å². The first-order valence-corrected chi connectivity index (χ1v) is 17.9. The first-order valence-electron chi connectivity index (χ1n) is 16.8. The number of amides is 3. The fraction of sp³-hybridized carbons (Fsp3) is 0.400. The fourth-order valence-electron chi connectivity index (χ4n) is 6.43. The van der Waals surface area contributed by atoms with Gasteiger partial charge >= 0.3 is 24.7 Å². The van der Waals surface area contributed by atoms with Crippen LogP contribution in [0.25, 0.3) is 22.5 Å². The summed E-state index contributed by atoms with van der Waals surface area (Å²) in [5, 5.41) is 11.3. The molecule has 0 spiro atoms. The molecule has 20 heteroatoms. The van der Waals surface area contributed by atoms with Crippen molar-refractivity contribution in [3.05, 3.63) is 81.3 Å². The average Bonchev–Trinajstić information content (AvgIpc) is 3.53. The van der Waals surface area contributed by atoms with Crippen LogP contribution in [0.3, 0.4) is 0 Å². The lowest BCUT2D eigenvalue weighted by molar-refractivity contribution is -0.176. The summed E-state index contributed by atoms with van der Waals surface area (Å²) in [6.07, 6.45) is -4.16. The van der Waals surface area contributed by atoms with Crippen LogP contribution in [0.5, 0.6) is 0 Å². The van der Waals surface area contributed by atoms with Crippen molar-refractivity contribution >= 4 is 52.7 Å². The van der Waals surface area contributed by atoms with Crippen molar-refractivity contribution in [2.45, 2.75) is 76.7 Å². The van der Waals surface area contributed by atoms with Crippen LogP contribution in [0.1, 0.15) is 63.8 Å². The Bertz CT molecular complexity index is 2060. The summed E-state index contributed by atoms with van der Waals surface area (Å²) in [4.78, 5) is 48.6. The number of aromatic amines is 1. The van der Waals surface area contributed by atoms with Gasteiger partial charge in [-0.15, -0.1) is 0 Å². The number of rotatable bonds is 11. The zero-order chi connectivity index (χ0) is 40.0. The number of benzene rings is 2. The molecule has 12 nitrogen and oxygen atoms in total. The zero-order valence-electron chi connectivity index (χ0n) is 29.3. The highest BCUT2D eigenvalue weighted by Crippen LogP contribution is 2.44. The quantitative estimate of drug-likeness (QED) is 0.112. The van der Waals surface area contributed by atoms with Crippen molar-refractivity contribution in [3.8, 4) is 22.5 Å². The molecule has 1 saturated carbocycles. The van der Waals surface area contributed by atoms with E-state index in [1.807, 2.05) is 26.1 Å². The molecule has 2 fully saturated rings. The Labute approximate surface area is 326 Å². The topological polar surface area (TPSA) is 146 Å². The van der Waals surface area contributed by atoms with Crippen LogP contribution in [0.15, 0.2) is 54.9 Å².